The third kappa shape index (κ3) is 2.59. The van der Waals surface area contributed by atoms with Crippen molar-refractivity contribution in [3.63, 3.8) is 0 Å². The molecule has 7 heteroatoms. The Labute approximate surface area is 97.6 Å². The molecule has 82 valence electrons. The second-order valence-corrected chi connectivity index (χ2v) is 3.82. The van der Waals surface area contributed by atoms with Gasteiger partial charge in [0, 0.05) is 10.1 Å². The van der Waals surface area contributed by atoms with Gasteiger partial charge in [-0.05, 0) is 28.7 Å². The molecule has 0 unspecified atom stereocenters. The Bertz CT molecular complexity index is 398. The number of aromatic carboxylic acids is 1. The number of rotatable bonds is 3. The number of aromatic nitrogens is 1. The first-order valence-electron chi connectivity index (χ1n) is 3.88. The summed E-state index contributed by atoms with van der Waals surface area (Å²) in [7, 11) is 0. The first-order chi connectivity index (χ1) is 6.97. The number of pyridine rings is 1. The van der Waals surface area contributed by atoms with Crippen molar-refractivity contribution < 1.29 is 18.7 Å². The standard InChI is InChI=1S/C8H7F2IN2O2/c9-7(10)6-3(11)1-4(8(14)15)13-5(6)2-12/h1,7H,2,12H2,(H,14,15). The molecule has 15 heavy (non-hydrogen) atoms. The maximum atomic E-state index is 12.6. The highest BCUT2D eigenvalue weighted by Gasteiger charge is 2.20. The van der Waals surface area contributed by atoms with Gasteiger partial charge in [0.15, 0.2) is 0 Å². The Balaban J connectivity index is 3.37. The fraction of sp³-hybridized carbons (Fsp3) is 0.250. The van der Waals surface area contributed by atoms with Crippen LogP contribution >= 0.6 is 22.6 Å². The minimum absolute atomic E-state index is 0.0747. The van der Waals surface area contributed by atoms with Crippen molar-refractivity contribution in [2.24, 2.45) is 5.73 Å². The van der Waals surface area contributed by atoms with Crippen LogP contribution in [0.2, 0.25) is 0 Å². The van der Waals surface area contributed by atoms with Crippen molar-refractivity contribution in [3.05, 3.63) is 26.6 Å². The number of halogens is 3. The van der Waals surface area contributed by atoms with E-state index in [0.717, 1.165) is 6.07 Å². The normalized spacial score (nSPS) is 10.7. The van der Waals surface area contributed by atoms with Crippen LogP contribution in [0.1, 0.15) is 28.2 Å². The zero-order valence-electron chi connectivity index (χ0n) is 7.38. The fourth-order valence-corrected chi connectivity index (χ4v) is 1.91. The van der Waals surface area contributed by atoms with Crippen molar-refractivity contribution in [2.45, 2.75) is 13.0 Å². The van der Waals surface area contributed by atoms with Gasteiger partial charge >= 0.3 is 5.97 Å². The van der Waals surface area contributed by atoms with Gasteiger partial charge in [-0.1, -0.05) is 0 Å². The van der Waals surface area contributed by atoms with Crippen LogP contribution in [0.15, 0.2) is 6.07 Å². The predicted octanol–water partition coefficient (Wildman–Crippen LogP) is 1.78. The van der Waals surface area contributed by atoms with Crippen LogP contribution in [0.25, 0.3) is 0 Å². The summed E-state index contributed by atoms with van der Waals surface area (Å²) in [5.74, 6) is -1.26. The van der Waals surface area contributed by atoms with E-state index in [4.69, 9.17) is 10.8 Å². The summed E-state index contributed by atoms with van der Waals surface area (Å²) in [5, 5.41) is 8.66. The molecule has 0 spiro atoms. The van der Waals surface area contributed by atoms with Gasteiger partial charge in [0.1, 0.15) is 5.69 Å². The molecule has 0 saturated carbocycles. The largest absolute Gasteiger partial charge is 0.477 e. The Hall–Kier alpha value is -0.830. The van der Waals surface area contributed by atoms with E-state index in [9.17, 15) is 13.6 Å². The van der Waals surface area contributed by atoms with E-state index in [-0.39, 0.29) is 27.1 Å². The maximum absolute atomic E-state index is 12.6. The Morgan fingerprint density at radius 1 is 1.67 bits per heavy atom. The summed E-state index contributed by atoms with van der Waals surface area (Å²) >= 11 is 1.64. The van der Waals surface area contributed by atoms with Crippen molar-refractivity contribution in [3.8, 4) is 0 Å². The highest BCUT2D eigenvalue weighted by atomic mass is 127. The summed E-state index contributed by atoms with van der Waals surface area (Å²) in [5.41, 5.74) is 4.60. The van der Waals surface area contributed by atoms with Crippen molar-refractivity contribution in [1.82, 2.24) is 4.98 Å². The Morgan fingerprint density at radius 2 is 2.27 bits per heavy atom. The average Bonchev–Trinajstić information content (AvgIpc) is 2.15. The number of hydrogen-bond donors (Lipinski definition) is 2. The summed E-state index contributed by atoms with van der Waals surface area (Å²) in [6, 6.07) is 1.10. The van der Waals surface area contributed by atoms with E-state index in [0.29, 0.717) is 0 Å². The number of nitrogens with zero attached hydrogens (tertiary/aromatic N) is 1. The van der Waals surface area contributed by atoms with Crippen LogP contribution in [-0.4, -0.2) is 16.1 Å². The number of alkyl halides is 2. The van der Waals surface area contributed by atoms with Gasteiger partial charge in [-0.2, -0.15) is 0 Å². The summed E-state index contributed by atoms with van der Waals surface area (Å²) in [4.78, 5) is 14.2. The molecule has 1 aromatic rings. The van der Waals surface area contributed by atoms with Gasteiger partial charge in [0.25, 0.3) is 6.43 Å². The average molecular weight is 328 g/mol. The second-order valence-electron chi connectivity index (χ2n) is 2.66. The molecule has 1 heterocycles. The van der Waals surface area contributed by atoms with E-state index < -0.39 is 12.4 Å². The number of carbonyl (C=O) groups is 1. The fourth-order valence-electron chi connectivity index (χ4n) is 1.07. The quantitative estimate of drug-likeness (QED) is 0.830. The van der Waals surface area contributed by atoms with Crippen molar-refractivity contribution >= 4 is 28.6 Å². The molecule has 0 atom stereocenters. The SMILES string of the molecule is NCc1nc(C(=O)O)cc(I)c1C(F)F. The van der Waals surface area contributed by atoms with E-state index in [1.54, 1.807) is 22.6 Å². The topological polar surface area (TPSA) is 76.2 Å². The highest BCUT2D eigenvalue weighted by molar-refractivity contribution is 14.1. The zero-order chi connectivity index (χ0) is 11.6. The molecular weight excluding hydrogens is 321 g/mol. The molecule has 0 amide bonds. The smallest absolute Gasteiger partial charge is 0.354 e. The van der Waals surface area contributed by atoms with E-state index in [1.165, 1.54) is 0 Å². The van der Waals surface area contributed by atoms with Gasteiger partial charge in [-0.25, -0.2) is 18.6 Å². The highest BCUT2D eigenvalue weighted by Crippen LogP contribution is 2.27. The van der Waals surface area contributed by atoms with Crippen LogP contribution in [0.4, 0.5) is 8.78 Å². The van der Waals surface area contributed by atoms with Gasteiger partial charge in [0.2, 0.25) is 0 Å². The van der Waals surface area contributed by atoms with Gasteiger partial charge in [-0.3, -0.25) is 0 Å². The molecule has 1 aromatic heterocycles. The molecule has 0 fully saturated rings. The molecule has 3 N–H and O–H groups in total. The molecule has 0 saturated heterocycles. The van der Waals surface area contributed by atoms with Gasteiger partial charge in [-0.15, -0.1) is 0 Å². The first kappa shape index (κ1) is 12.2. The summed E-state index contributed by atoms with van der Waals surface area (Å²) < 4.78 is 25.3. The number of nitrogens with two attached hydrogens (primary N) is 1. The third-order valence-electron chi connectivity index (χ3n) is 1.72. The lowest BCUT2D eigenvalue weighted by molar-refractivity contribution is 0.0689. The molecule has 0 aliphatic rings. The lowest BCUT2D eigenvalue weighted by Gasteiger charge is -2.09. The lowest BCUT2D eigenvalue weighted by atomic mass is 10.1. The molecule has 0 aliphatic heterocycles. The minimum Gasteiger partial charge on any atom is -0.477 e. The Morgan fingerprint density at radius 3 is 2.67 bits per heavy atom. The second kappa shape index (κ2) is 4.79. The minimum atomic E-state index is -2.70. The van der Waals surface area contributed by atoms with E-state index in [2.05, 4.69) is 4.98 Å². The first-order valence-corrected chi connectivity index (χ1v) is 4.96. The van der Waals surface area contributed by atoms with Crippen LogP contribution in [-0.2, 0) is 6.54 Å². The monoisotopic (exact) mass is 328 g/mol. The zero-order valence-corrected chi connectivity index (χ0v) is 9.53. The number of carboxylic acid groups (broad SMARTS) is 1. The molecule has 0 bridgehead atoms. The van der Waals surface area contributed by atoms with Gasteiger partial charge < -0.3 is 10.8 Å². The number of hydrogen-bond acceptors (Lipinski definition) is 3. The maximum Gasteiger partial charge on any atom is 0.354 e. The van der Waals surface area contributed by atoms with E-state index in [1.807, 2.05) is 0 Å². The molecule has 0 aliphatic carbocycles. The summed E-state index contributed by atoms with van der Waals surface area (Å²) in [6.07, 6.45) is -2.70. The molecule has 0 radical (unpaired) electrons. The molecular formula is C8H7F2IN2O2. The van der Waals surface area contributed by atoms with Crippen LogP contribution < -0.4 is 5.73 Å². The summed E-state index contributed by atoms with van der Waals surface area (Å²) in [6.45, 7) is -0.212. The van der Waals surface area contributed by atoms with Crippen molar-refractivity contribution in [2.75, 3.05) is 0 Å². The number of carboxylic acids is 1. The predicted molar refractivity (Wildman–Crippen MR) is 56.8 cm³/mol. The van der Waals surface area contributed by atoms with Crippen LogP contribution in [0.5, 0.6) is 0 Å². The van der Waals surface area contributed by atoms with Crippen LogP contribution in [0, 0.1) is 3.57 Å². The molecule has 0 aromatic carbocycles. The van der Waals surface area contributed by atoms with E-state index >= 15 is 0 Å². The van der Waals surface area contributed by atoms with Crippen LogP contribution in [0.3, 0.4) is 0 Å². The molecule has 4 nitrogen and oxygen atoms in total. The third-order valence-corrected chi connectivity index (χ3v) is 2.61. The van der Waals surface area contributed by atoms with Gasteiger partial charge in [0.05, 0.1) is 11.3 Å². The molecule has 1 rings (SSSR count). The lowest BCUT2D eigenvalue weighted by Crippen LogP contribution is -2.12. The Kier molecular flexibility index (Phi) is 3.91. The van der Waals surface area contributed by atoms with Crippen molar-refractivity contribution in [1.29, 1.82) is 0 Å².